The van der Waals surface area contributed by atoms with Gasteiger partial charge in [-0.3, -0.25) is 14.5 Å². The summed E-state index contributed by atoms with van der Waals surface area (Å²) >= 11 is 7.28. The molecule has 0 bridgehead atoms. The minimum Gasteiger partial charge on any atom is -0.507 e. The lowest BCUT2D eigenvalue weighted by molar-refractivity contribution is -0.132. The molecule has 1 amide bonds. The first kappa shape index (κ1) is 22.9. The number of aliphatic hydroxyl groups is 1. The van der Waals surface area contributed by atoms with Gasteiger partial charge in [-0.25, -0.2) is 4.98 Å². The number of benzene rings is 3. The third kappa shape index (κ3) is 3.90. The molecule has 9 heteroatoms. The summed E-state index contributed by atoms with van der Waals surface area (Å²) in [6.45, 7) is 0. The average molecular weight is 507 g/mol. The predicted octanol–water partition coefficient (Wildman–Crippen LogP) is 5.59. The summed E-state index contributed by atoms with van der Waals surface area (Å²) in [6, 6.07) is 17.9. The number of para-hydroxylation sites is 1. The summed E-state index contributed by atoms with van der Waals surface area (Å²) in [7, 11) is 3.01. The Labute approximate surface area is 209 Å². The number of aromatic nitrogens is 1. The van der Waals surface area contributed by atoms with Gasteiger partial charge in [-0.05, 0) is 54.6 Å². The number of anilines is 1. The first-order valence-electron chi connectivity index (χ1n) is 10.6. The van der Waals surface area contributed by atoms with Gasteiger partial charge in [0.15, 0.2) is 5.13 Å². The van der Waals surface area contributed by atoms with Crippen LogP contribution >= 0.6 is 22.9 Å². The lowest BCUT2D eigenvalue weighted by Gasteiger charge is -2.25. The second-order valence-corrected chi connectivity index (χ2v) is 9.19. The van der Waals surface area contributed by atoms with E-state index in [0.717, 1.165) is 4.70 Å². The summed E-state index contributed by atoms with van der Waals surface area (Å²) in [6.07, 6.45) is 0. The van der Waals surface area contributed by atoms with Gasteiger partial charge in [-0.15, -0.1) is 0 Å². The molecule has 0 aliphatic carbocycles. The zero-order valence-electron chi connectivity index (χ0n) is 18.7. The van der Waals surface area contributed by atoms with Crippen molar-refractivity contribution in [3.63, 3.8) is 0 Å². The normalized spacial score (nSPS) is 17.2. The highest BCUT2D eigenvalue weighted by atomic mass is 35.5. The van der Waals surface area contributed by atoms with E-state index in [4.69, 9.17) is 21.1 Å². The number of methoxy groups -OCH3 is 2. The first-order valence-corrected chi connectivity index (χ1v) is 11.8. The SMILES string of the molecule is COc1ccc(OC)c(C2/C(=C(/O)c3ccc(Cl)cc3)C(=O)C(=O)N2c2nc3ccccc3s2)c1. The van der Waals surface area contributed by atoms with Crippen LogP contribution in [0.4, 0.5) is 5.13 Å². The Morgan fingerprint density at radius 2 is 1.77 bits per heavy atom. The molecule has 35 heavy (non-hydrogen) atoms. The summed E-state index contributed by atoms with van der Waals surface area (Å²) in [5.74, 6) is -1.02. The monoisotopic (exact) mass is 506 g/mol. The maximum absolute atomic E-state index is 13.4. The quantitative estimate of drug-likeness (QED) is 0.215. The Morgan fingerprint density at radius 1 is 1.03 bits per heavy atom. The Hall–Kier alpha value is -3.88. The van der Waals surface area contributed by atoms with E-state index >= 15 is 0 Å². The molecular weight excluding hydrogens is 488 g/mol. The lowest BCUT2D eigenvalue weighted by atomic mass is 9.94. The van der Waals surface area contributed by atoms with Gasteiger partial charge < -0.3 is 14.6 Å². The number of hydrogen-bond acceptors (Lipinski definition) is 7. The molecule has 2 heterocycles. The molecule has 1 aromatic heterocycles. The minimum atomic E-state index is -1.00. The standard InChI is InChI=1S/C26H19ClN2O5S/c1-33-16-11-12-19(34-2)17(13-16)22-21(23(30)14-7-9-15(27)10-8-14)24(31)25(32)29(22)26-28-18-5-3-4-6-20(18)35-26/h3-13,22,30H,1-2H3/b23-21-. The number of ether oxygens (including phenoxy) is 2. The molecule has 0 radical (unpaired) electrons. The second-order valence-electron chi connectivity index (χ2n) is 7.75. The van der Waals surface area contributed by atoms with E-state index in [1.54, 1.807) is 42.5 Å². The maximum atomic E-state index is 13.4. The molecule has 1 atom stereocenters. The molecule has 7 nitrogen and oxygen atoms in total. The van der Waals surface area contributed by atoms with Gasteiger partial charge in [0, 0.05) is 16.1 Å². The Kier molecular flexibility index (Phi) is 5.92. The number of halogens is 1. The highest BCUT2D eigenvalue weighted by Gasteiger charge is 2.49. The highest BCUT2D eigenvalue weighted by Crippen LogP contribution is 2.47. The molecule has 1 fully saturated rings. The highest BCUT2D eigenvalue weighted by molar-refractivity contribution is 7.22. The minimum absolute atomic E-state index is 0.0804. The molecule has 4 aromatic rings. The topological polar surface area (TPSA) is 89.0 Å². The van der Waals surface area contributed by atoms with Gasteiger partial charge in [0.1, 0.15) is 23.3 Å². The van der Waals surface area contributed by atoms with Crippen molar-refractivity contribution in [1.82, 2.24) is 4.98 Å². The van der Waals surface area contributed by atoms with Crippen molar-refractivity contribution >= 4 is 55.7 Å². The molecule has 1 unspecified atom stereocenters. The zero-order valence-corrected chi connectivity index (χ0v) is 20.3. The van der Waals surface area contributed by atoms with Crippen molar-refractivity contribution in [2.45, 2.75) is 6.04 Å². The van der Waals surface area contributed by atoms with Crippen LogP contribution in [-0.2, 0) is 9.59 Å². The molecule has 0 saturated carbocycles. The van der Waals surface area contributed by atoms with E-state index < -0.39 is 17.7 Å². The Bertz CT molecular complexity index is 1460. The molecular formula is C26H19ClN2O5S. The first-order chi connectivity index (χ1) is 16.9. The van der Waals surface area contributed by atoms with Crippen LogP contribution in [0.2, 0.25) is 5.02 Å². The number of fused-ring (bicyclic) bond motifs is 1. The molecule has 0 spiro atoms. The van der Waals surface area contributed by atoms with Crippen LogP contribution in [0.5, 0.6) is 11.5 Å². The summed E-state index contributed by atoms with van der Waals surface area (Å²) in [4.78, 5) is 32.7. The smallest absolute Gasteiger partial charge is 0.301 e. The van der Waals surface area contributed by atoms with E-state index in [-0.39, 0.29) is 11.3 Å². The molecule has 1 N–H and O–H groups in total. The van der Waals surface area contributed by atoms with Crippen molar-refractivity contribution in [1.29, 1.82) is 0 Å². The van der Waals surface area contributed by atoms with Crippen LogP contribution in [0.1, 0.15) is 17.2 Å². The van der Waals surface area contributed by atoms with Crippen LogP contribution in [-0.4, -0.2) is 36.0 Å². The van der Waals surface area contributed by atoms with Crippen molar-refractivity contribution in [2.24, 2.45) is 0 Å². The number of aliphatic hydroxyl groups excluding tert-OH is 1. The van der Waals surface area contributed by atoms with Crippen LogP contribution in [0, 0.1) is 0 Å². The van der Waals surface area contributed by atoms with Crippen LogP contribution in [0.15, 0.2) is 72.3 Å². The average Bonchev–Trinajstić information content (AvgIpc) is 3.42. The molecule has 176 valence electrons. The van der Waals surface area contributed by atoms with Crippen molar-refractivity contribution in [3.05, 3.63) is 88.5 Å². The van der Waals surface area contributed by atoms with Gasteiger partial charge in [0.2, 0.25) is 0 Å². The predicted molar refractivity (Wildman–Crippen MR) is 135 cm³/mol. The lowest BCUT2D eigenvalue weighted by Crippen LogP contribution is -2.29. The summed E-state index contributed by atoms with van der Waals surface area (Å²) in [5, 5.41) is 12.1. The van der Waals surface area contributed by atoms with E-state index in [9.17, 15) is 14.7 Å². The number of carbonyl (C=O) groups excluding carboxylic acids is 2. The Balaban J connectivity index is 1.78. The van der Waals surface area contributed by atoms with E-state index in [1.807, 2.05) is 24.3 Å². The Morgan fingerprint density at radius 3 is 2.46 bits per heavy atom. The fraction of sp³-hybridized carbons (Fsp3) is 0.115. The largest absolute Gasteiger partial charge is 0.507 e. The number of rotatable bonds is 5. The third-order valence-corrected chi connectivity index (χ3v) is 7.07. The van der Waals surface area contributed by atoms with E-state index in [2.05, 4.69) is 4.98 Å². The van der Waals surface area contributed by atoms with Gasteiger partial charge in [0.25, 0.3) is 5.78 Å². The fourth-order valence-corrected chi connectivity index (χ4v) is 5.22. The number of carbonyl (C=O) groups is 2. The number of ketones is 1. The molecule has 1 aliphatic rings. The van der Waals surface area contributed by atoms with E-state index in [0.29, 0.717) is 38.3 Å². The van der Waals surface area contributed by atoms with Crippen LogP contribution < -0.4 is 14.4 Å². The van der Waals surface area contributed by atoms with Crippen molar-refractivity contribution < 1.29 is 24.2 Å². The van der Waals surface area contributed by atoms with Crippen LogP contribution in [0.25, 0.3) is 16.0 Å². The van der Waals surface area contributed by atoms with Gasteiger partial charge in [-0.1, -0.05) is 35.1 Å². The second kappa shape index (κ2) is 9.05. The van der Waals surface area contributed by atoms with Gasteiger partial charge in [-0.2, -0.15) is 0 Å². The number of nitrogens with zero attached hydrogens (tertiary/aromatic N) is 2. The van der Waals surface area contributed by atoms with Gasteiger partial charge in [0.05, 0.1) is 30.0 Å². The van der Waals surface area contributed by atoms with Crippen molar-refractivity contribution in [2.75, 3.05) is 19.1 Å². The maximum Gasteiger partial charge on any atom is 0.301 e. The third-order valence-electron chi connectivity index (χ3n) is 5.78. The van der Waals surface area contributed by atoms with Crippen LogP contribution in [0.3, 0.4) is 0 Å². The zero-order chi connectivity index (χ0) is 24.7. The number of hydrogen-bond donors (Lipinski definition) is 1. The molecule has 1 saturated heterocycles. The summed E-state index contributed by atoms with van der Waals surface area (Å²) < 4.78 is 11.8. The molecule has 5 rings (SSSR count). The molecule has 1 aliphatic heterocycles. The van der Waals surface area contributed by atoms with Crippen molar-refractivity contribution in [3.8, 4) is 11.5 Å². The van der Waals surface area contributed by atoms with Gasteiger partial charge >= 0.3 is 5.91 Å². The molecule has 3 aromatic carbocycles. The number of thiazole rings is 1. The summed E-state index contributed by atoms with van der Waals surface area (Å²) in [5.41, 5.74) is 1.44. The van der Waals surface area contributed by atoms with E-state index in [1.165, 1.54) is 30.5 Å². The number of amides is 1. The number of Topliss-reactive ketones (excluding diaryl/α,β-unsaturated/α-hetero) is 1. The fourth-order valence-electron chi connectivity index (χ4n) is 4.10.